The van der Waals surface area contributed by atoms with E-state index in [0.29, 0.717) is 23.7 Å². The number of fused-ring (bicyclic) bond motifs is 1. The van der Waals surface area contributed by atoms with E-state index in [1.807, 2.05) is 19.1 Å². The molecule has 3 aromatic rings. The van der Waals surface area contributed by atoms with Gasteiger partial charge in [-0.15, -0.1) is 0 Å². The van der Waals surface area contributed by atoms with E-state index in [4.69, 9.17) is 0 Å². The van der Waals surface area contributed by atoms with Crippen LogP contribution in [0.5, 0.6) is 0 Å². The minimum Gasteiger partial charge on any atom is -0.303 e. The number of H-pyrrole nitrogens is 1. The third-order valence-electron chi connectivity index (χ3n) is 3.52. The number of anilines is 1. The minimum atomic E-state index is -0.501. The number of aromatic nitrogens is 5. The first-order valence-corrected chi connectivity index (χ1v) is 7.50. The van der Waals surface area contributed by atoms with Crippen LogP contribution in [0, 0.1) is 0 Å². The van der Waals surface area contributed by atoms with Crippen LogP contribution in [0.1, 0.15) is 18.9 Å². The quantitative estimate of drug-likeness (QED) is 0.529. The number of hydrogen-bond acceptors (Lipinski definition) is 6. The smallest absolute Gasteiger partial charge is 0.303 e. The molecule has 0 aliphatic carbocycles. The molecule has 0 radical (unpaired) electrons. The summed E-state index contributed by atoms with van der Waals surface area (Å²) < 4.78 is 3.02. The van der Waals surface area contributed by atoms with Gasteiger partial charge in [-0.3, -0.25) is 19.3 Å². The molecule has 2 N–H and O–H groups in total. The molecule has 0 spiro atoms. The van der Waals surface area contributed by atoms with Gasteiger partial charge in [0, 0.05) is 31.5 Å². The van der Waals surface area contributed by atoms with Crippen molar-refractivity contribution in [1.29, 1.82) is 0 Å². The molecule has 0 aliphatic rings. The number of hydrazone groups is 1. The van der Waals surface area contributed by atoms with Crippen LogP contribution < -0.4 is 16.7 Å². The van der Waals surface area contributed by atoms with Crippen molar-refractivity contribution in [2.45, 2.75) is 19.9 Å². The first-order chi connectivity index (χ1) is 11.6. The Morgan fingerprint density at radius 1 is 1.42 bits per heavy atom. The SMILES string of the molecule is CCCn1c(N/N=C\c2cccnc2)nc2c1c(=O)[nH]c(=O)n2C. The number of nitrogens with one attached hydrogen (secondary N) is 2. The van der Waals surface area contributed by atoms with Crippen LogP contribution in [0.25, 0.3) is 11.2 Å². The van der Waals surface area contributed by atoms with Gasteiger partial charge in [0.1, 0.15) is 0 Å². The Balaban J connectivity index is 2.04. The second-order valence-corrected chi connectivity index (χ2v) is 5.23. The summed E-state index contributed by atoms with van der Waals surface area (Å²) >= 11 is 0. The first kappa shape index (κ1) is 15.7. The summed E-state index contributed by atoms with van der Waals surface area (Å²) in [5.41, 5.74) is 3.36. The molecular formula is C15H17N7O2. The second kappa shape index (κ2) is 6.49. The third-order valence-corrected chi connectivity index (χ3v) is 3.52. The van der Waals surface area contributed by atoms with Crippen molar-refractivity contribution in [3.63, 3.8) is 0 Å². The number of nitrogens with zero attached hydrogens (tertiary/aromatic N) is 5. The van der Waals surface area contributed by atoms with Crippen LogP contribution in [0.3, 0.4) is 0 Å². The van der Waals surface area contributed by atoms with E-state index in [9.17, 15) is 9.59 Å². The summed E-state index contributed by atoms with van der Waals surface area (Å²) in [7, 11) is 1.56. The Hall–Kier alpha value is -3.23. The van der Waals surface area contributed by atoms with Gasteiger partial charge >= 0.3 is 5.69 Å². The maximum absolute atomic E-state index is 12.2. The maximum atomic E-state index is 12.2. The molecule has 0 amide bonds. The largest absolute Gasteiger partial charge is 0.329 e. The fraction of sp³-hybridized carbons (Fsp3) is 0.267. The Kier molecular flexibility index (Phi) is 4.23. The van der Waals surface area contributed by atoms with E-state index in [2.05, 4.69) is 25.5 Å². The topological polar surface area (TPSA) is 110 Å². The molecule has 3 heterocycles. The normalized spacial score (nSPS) is 11.4. The summed E-state index contributed by atoms with van der Waals surface area (Å²) in [6, 6.07) is 3.67. The number of aryl methyl sites for hydroxylation is 2. The number of aromatic amines is 1. The van der Waals surface area contributed by atoms with E-state index in [1.54, 1.807) is 30.2 Å². The van der Waals surface area contributed by atoms with Crippen molar-refractivity contribution in [3.8, 4) is 0 Å². The summed E-state index contributed by atoms with van der Waals surface area (Å²) in [4.78, 5) is 34.5. The standard InChI is InChI=1S/C15H17N7O2/c1-3-7-22-11-12(21(2)15(24)19-13(11)23)18-14(22)20-17-9-10-5-4-6-16-8-10/h4-6,8-9H,3,7H2,1-2H3,(H,18,20)(H,19,23,24)/b17-9-. The molecule has 3 aromatic heterocycles. The van der Waals surface area contributed by atoms with Crippen molar-refractivity contribution in [3.05, 3.63) is 50.9 Å². The summed E-state index contributed by atoms with van der Waals surface area (Å²) in [5, 5.41) is 4.13. The number of imidazole rings is 1. The Morgan fingerprint density at radius 2 is 2.25 bits per heavy atom. The molecule has 24 heavy (non-hydrogen) atoms. The molecule has 0 bridgehead atoms. The molecule has 0 aliphatic heterocycles. The van der Waals surface area contributed by atoms with Gasteiger partial charge in [0.15, 0.2) is 11.2 Å². The van der Waals surface area contributed by atoms with Crippen molar-refractivity contribution in [2.75, 3.05) is 5.43 Å². The summed E-state index contributed by atoms with van der Waals surface area (Å²) in [6.45, 7) is 2.56. The average molecular weight is 327 g/mol. The van der Waals surface area contributed by atoms with Crippen molar-refractivity contribution >= 4 is 23.3 Å². The molecule has 0 atom stereocenters. The highest BCUT2D eigenvalue weighted by atomic mass is 16.2. The van der Waals surface area contributed by atoms with Crippen LogP contribution in [-0.2, 0) is 13.6 Å². The van der Waals surface area contributed by atoms with Crippen LogP contribution >= 0.6 is 0 Å². The molecule has 0 aromatic carbocycles. The predicted molar refractivity (Wildman–Crippen MR) is 91.3 cm³/mol. The zero-order valence-corrected chi connectivity index (χ0v) is 13.4. The minimum absolute atomic E-state index is 0.316. The molecule has 0 fully saturated rings. The number of rotatable bonds is 5. The van der Waals surface area contributed by atoms with Crippen LogP contribution in [0.2, 0.25) is 0 Å². The highest BCUT2D eigenvalue weighted by molar-refractivity contribution is 5.80. The Labute approximate surface area is 136 Å². The average Bonchev–Trinajstić information content (AvgIpc) is 2.93. The van der Waals surface area contributed by atoms with Gasteiger partial charge < -0.3 is 4.57 Å². The number of pyridine rings is 1. The lowest BCUT2D eigenvalue weighted by Gasteiger charge is -2.05. The van der Waals surface area contributed by atoms with E-state index in [1.165, 1.54) is 4.57 Å². The molecular weight excluding hydrogens is 310 g/mol. The van der Waals surface area contributed by atoms with Crippen molar-refractivity contribution in [2.24, 2.45) is 12.1 Å². The maximum Gasteiger partial charge on any atom is 0.329 e. The Morgan fingerprint density at radius 3 is 2.96 bits per heavy atom. The van der Waals surface area contributed by atoms with Crippen LogP contribution in [-0.4, -0.2) is 30.3 Å². The molecule has 0 unspecified atom stereocenters. The van der Waals surface area contributed by atoms with Gasteiger partial charge in [-0.25, -0.2) is 10.2 Å². The summed E-state index contributed by atoms with van der Waals surface area (Å²) in [6.07, 6.45) is 5.76. The number of hydrogen-bond donors (Lipinski definition) is 2. The molecule has 9 nitrogen and oxygen atoms in total. The van der Waals surface area contributed by atoms with Gasteiger partial charge in [0.2, 0.25) is 5.95 Å². The highest BCUT2D eigenvalue weighted by Gasteiger charge is 2.16. The zero-order valence-electron chi connectivity index (χ0n) is 13.4. The van der Waals surface area contributed by atoms with Crippen molar-refractivity contribution < 1.29 is 0 Å². The predicted octanol–water partition coefficient (Wildman–Crippen LogP) is 0.674. The van der Waals surface area contributed by atoms with Gasteiger partial charge in [0.25, 0.3) is 5.56 Å². The van der Waals surface area contributed by atoms with Gasteiger partial charge in [-0.1, -0.05) is 13.0 Å². The second-order valence-electron chi connectivity index (χ2n) is 5.23. The zero-order chi connectivity index (χ0) is 17.1. The summed E-state index contributed by atoms with van der Waals surface area (Å²) in [5.74, 6) is 0.402. The van der Waals surface area contributed by atoms with Crippen LogP contribution in [0.4, 0.5) is 5.95 Å². The fourth-order valence-electron chi connectivity index (χ4n) is 2.38. The van der Waals surface area contributed by atoms with Crippen molar-refractivity contribution in [1.82, 2.24) is 24.1 Å². The lowest BCUT2D eigenvalue weighted by Crippen LogP contribution is -2.29. The molecule has 0 saturated carbocycles. The molecule has 9 heteroatoms. The lowest BCUT2D eigenvalue weighted by molar-refractivity contribution is 0.698. The van der Waals surface area contributed by atoms with Gasteiger partial charge in [-0.2, -0.15) is 10.1 Å². The molecule has 124 valence electrons. The van der Waals surface area contributed by atoms with E-state index < -0.39 is 11.2 Å². The monoisotopic (exact) mass is 327 g/mol. The highest BCUT2D eigenvalue weighted by Crippen LogP contribution is 2.15. The first-order valence-electron chi connectivity index (χ1n) is 7.50. The van der Waals surface area contributed by atoms with Gasteiger partial charge in [-0.05, 0) is 12.5 Å². The fourth-order valence-corrected chi connectivity index (χ4v) is 2.38. The van der Waals surface area contributed by atoms with E-state index in [-0.39, 0.29) is 0 Å². The van der Waals surface area contributed by atoms with Crippen LogP contribution in [0.15, 0.2) is 39.2 Å². The molecule has 0 saturated heterocycles. The molecule has 3 rings (SSSR count). The van der Waals surface area contributed by atoms with E-state index >= 15 is 0 Å². The Bertz CT molecular complexity index is 998. The van der Waals surface area contributed by atoms with Gasteiger partial charge in [0.05, 0.1) is 6.21 Å². The van der Waals surface area contributed by atoms with E-state index in [0.717, 1.165) is 12.0 Å². The lowest BCUT2D eigenvalue weighted by atomic mass is 10.3. The third kappa shape index (κ3) is 2.83.